The summed E-state index contributed by atoms with van der Waals surface area (Å²) < 4.78 is 6.59. The third-order valence-corrected chi connectivity index (χ3v) is 6.17. The van der Waals surface area contributed by atoms with Crippen molar-refractivity contribution in [1.82, 2.24) is 9.97 Å². The highest BCUT2D eigenvalue weighted by Gasteiger charge is 2.18. The van der Waals surface area contributed by atoms with Crippen molar-refractivity contribution in [1.29, 1.82) is 5.26 Å². The van der Waals surface area contributed by atoms with E-state index in [1.165, 1.54) is 17.8 Å². The molecule has 30 heavy (non-hydrogen) atoms. The first kappa shape index (κ1) is 20.1. The molecule has 0 bridgehead atoms. The number of amides is 1. The lowest BCUT2D eigenvalue weighted by molar-refractivity contribution is 0.0865. The maximum absolute atomic E-state index is 12.3. The van der Waals surface area contributed by atoms with E-state index in [1.54, 1.807) is 6.20 Å². The fraction of sp³-hybridized carbons (Fsp3) is 0.364. The van der Waals surface area contributed by atoms with Gasteiger partial charge in [0.05, 0.1) is 27.7 Å². The molecule has 1 aliphatic rings. The lowest BCUT2D eigenvalue weighted by atomic mass is 9.98. The summed E-state index contributed by atoms with van der Waals surface area (Å²) in [6, 6.07) is 9.94. The number of benzene rings is 1. The molecular formula is C22H23N5O2S. The predicted octanol–water partition coefficient (Wildman–Crippen LogP) is 5.48. The van der Waals surface area contributed by atoms with Gasteiger partial charge in [-0.05, 0) is 56.4 Å². The van der Waals surface area contributed by atoms with Crippen LogP contribution in [0.5, 0.6) is 0 Å². The van der Waals surface area contributed by atoms with Gasteiger partial charge in [-0.3, -0.25) is 10.3 Å². The molecule has 2 heterocycles. The standard InChI is InChI=1S/C22H23N5O2S/c1-14-19(27-22(28)29-17-5-3-2-4-6-17)11-16(13-25-14)15-7-8-18-20(12-15)30-21(26-18)24-10-9-23/h7-8,11-13,17H,2-6,10H2,1H3,(H,24,26)(H,27,28). The number of aryl methyl sites for hydroxylation is 1. The lowest BCUT2D eigenvalue weighted by Gasteiger charge is -2.22. The summed E-state index contributed by atoms with van der Waals surface area (Å²) in [5.74, 6) is 0. The number of fused-ring (bicyclic) bond motifs is 1. The molecule has 3 aromatic rings. The lowest BCUT2D eigenvalue weighted by Crippen LogP contribution is -2.24. The summed E-state index contributed by atoms with van der Waals surface area (Å²) >= 11 is 1.50. The molecule has 1 amide bonds. The number of hydrogen-bond acceptors (Lipinski definition) is 7. The minimum Gasteiger partial charge on any atom is -0.446 e. The number of nitrogens with zero attached hydrogens (tertiary/aromatic N) is 3. The van der Waals surface area contributed by atoms with Crippen LogP contribution in [0.25, 0.3) is 21.3 Å². The molecule has 154 valence electrons. The number of hydrogen-bond donors (Lipinski definition) is 2. The molecule has 1 fully saturated rings. The number of carbonyl (C=O) groups excluding carboxylic acids is 1. The van der Waals surface area contributed by atoms with Crippen LogP contribution >= 0.6 is 11.3 Å². The number of rotatable bonds is 5. The zero-order chi connectivity index (χ0) is 20.9. The van der Waals surface area contributed by atoms with Crippen molar-refractivity contribution in [2.75, 3.05) is 17.2 Å². The van der Waals surface area contributed by atoms with E-state index in [4.69, 9.17) is 10.00 Å². The van der Waals surface area contributed by atoms with Crippen molar-refractivity contribution in [2.45, 2.75) is 45.1 Å². The normalized spacial score (nSPS) is 14.3. The quantitative estimate of drug-likeness (QED) is 0.529. The average molecular weight is 422 g/mol. The molecule has 1 aliphatic carbocycles. The first-order chi connectivity index (χ1) is 14.6. The Morgan fingerprint density at radius 3 is 2.90 bits per heavy atom. The molecule has 0 atom stereocenters. The van der Waals surface area contributed by atoms with Crippen LogP contribution in [0, 0.1) is 18.3 Å². The Bertz CT molecular complexity index is 1100. The van der Waals surface area contributed by atoms with Crippen molar-refractivity contribution >= 4 is 38.5 Å². The van der Waals surface area contributed by atoms with Gasteiger partial charge in [0.2, 0.25) is 0 Å². The molecule has 2 aromatic heterocycles. The number of thiazole rings is 1. The zero-order valence-corrected chi connectivity index (χ0v) is 17.6. The van der Waals surface area contributed by atoms with Crippen LogP contribution in [0.3, 0.4) is 0 Å². The maximum atomic E-state index is 12.3. The van der Waals surface area contributed by atoms with Gasteiger partial charge in [0.25, 0.3) is 0 Å². The van der Waals surface area contributed by atoms with E-state index in [0.29, 0.717) is 5.69 Å². The van der Waals surface area contributed by atoms with Crippen molar-refractivity contribution in [3.63, 3.8) is 0 Å². The highest BCUT2D eigenvalue weighted by molar-refractivity contribution is 7.22. The van der Waals surface area contributed by atoms with Gasteiger partial charge >= 0.3 is 6.09 Å². The van der Waals surface area contributed by atoms with Crippen LogP contribution in [0.1, 0.15) is 37.8 Å². The van der Waals surface area contributed by atoms with Crippen molar-refractivity contribution in [3.8, 4) is 17.2 Å². The fourth-order valence-electron chi connectivity index (χ4n) is 3.59. The monoisotopic (exact) mass is 421 g/mol. The fourth-order valence-corrected chi connectivity index (χ4v) is 4.49. The van der Waals surface area contributed by atoms with Gasteiger partial charge in [0.1, 0.15) is 12.6 Å². The zero-order valence-electron chi connectivity index (χ0n) is 16.8. The molecule has 2 N–H and O–H groups in total. The highest BCUT2D eigenvalue weighted by atomic mass is 32.1. The Hall–Kier alpha value is -3.18. The predicted molar refractivity (Wildman–Crippen MR) is 119 cm³/mol. The summed E-state index contributed by atoms with van der Waals surface area (Å²) in [4.78, 5) is 21.3. The van der Waals surface area contributed by atoms with Crippen LogP contribution in [-0.4, -0.2) is 28.7 Å². The topological polar surface area (TPSA) is 99.9 Å². The van der Waals surface area contributed by atoms with E-state index >= 15 is 0 Å². The Labute approximate surface area is 179 Å². The molecule has 0 aliphatic heterocycles. The summed E-state index contributed by atoms with van der Waals surface area (Å²) in [7, 11) is 0. The van der Waals surface area contributed by atoms with Crippen LogP contribution < -0.4 is 10.6 Å². The Balaban J connectivity index is 1.52. The van der Waals surface area contributed by atoms with Gasteiger partial charge in [0.15, 0.2) is 5.13 Å². The molecule has 0 unspecified atom stereocenters. The van der Waals surface area contributed by atoms with Crippen molar-refractivity contribution < 1.29 is 9.53 Å². The molecule has 1 aromatic carbocycles. The number of ether oxygens (including phenoxy) is 1. The number of nitriles is 1. The van der Waals surface area contributed by atoms with Crippen LogP contribution in [0.4, 0.5) is 15.6 Å². The second kappa shape index (κ2) is 9.09. The molecule has 0 spiro atoms. The average Bonchev–Trinajstić information content (AvgIpc) is 3.16. The van der Waals surface area contributed by atoms with Gasteiger partial charge < -0.3 is 10.1 Å². The summed E-state index contributed by atoms with van der Waals surface area (Å²) in [5.41, 5.74) is 4.14. The molecule has 7 nitrogen and oxygen atoms in total. The van der Waals surface area contributed by atoms with Crippen molar-refractivity contribution in [2.24, 2.45) is 0 Å². The molecule has 1 saturated carbocycles. The summed E-state index contributed by atoms with van der Waals surface area (Å²) in [5, 5.41) is 15.3. The van der Waals surface area contributed by atoms with Crippen LogP contribution in [0.15, 0.2) is 30.5 Å². The molecule has 4 rings (SSSR count). The third-order valence-electron chi connectivity index (χ3n) is 5.19. The minimum atomic E-state index is -0.421. The number of anilines is 2. The van der Waals surface area contributed by atoms with E-state index < -0.39 is 6.09 Å². The number of pyridine rings is 1. The van der Waals surface area contributed by atoms with Gasteiger partial charge in [-0.1, -0.05) is 23.8 Å². The smallest absolute Gasteiger partial charge is 0.411 e. The van der Waals surface area contributed by atoms with Gasteiger partial charge in [0, 0.05) is 11.8 Å². The second-order valence-corrected chi connectivity index (χ2v) is 8.39. The van der Waals surface area contributed by atoms with Crippen molar-refractivity contribution in [3.05, 3.63) is 36.2 Å². The molecule has 8 heteroatoms. The Morgan fingerprint density at radius 1 is 1.27 bits per heavy atom. The number of aromatic nitrogens is 2. The van der Waals surface area contributed by atoms with E-state index in [-0.39, 0.29) is 12.6 Å². The third kappa shape index (κ3) is 4.69. The number of carbonyl (C=O) groups is 1. The highest BCUT2D eigenvalue weighted by Crippen LogP contribution is 2.31. The SMILES string of the molecule is Cc1ncc(-c2ccc3nc(NCC#N)sc3c2)cc1NC(=O)OC1CCCCC1. The largest absolute Gasteiger partial charge is 0.446 e. The maximum Gasteiger partial charge on any atom is 0.411 e. The Morgan fingerprint density at radius 2 is 2.10 bits per heavy atom. The first-order valence-corrected chi connectivity index (χ1v) is 10.9. The van der Waals surface area contributed by atoms with Gasteiger partial charge in [-0.25, -0.2) is 9.78 Å². The van der Waals surface area contributed by atoms with E-state index in [2.05, 4.69) is 26.7 Å². The van der Waals surface area contributed by atoms with Gasteiger partial charge in [-0.15, -0.1) is 0 Å². The van der Waals surface area contributed by atoms with E-state index in [0.717, 1.165) is 57.9 Å². The molecular weight excluding hydrogens is 398 g/mol. The first-order valence-electron chi connectivity index (χ1n) is 10.1. The number of nitrogens with one attached hydrogen (secondary N) is 2. The second-order valence-electron chi connectivity index (χ2n) is 7.36. The summed E-state index contributed by atoms with van der Waals surface area (Å²) in [6.07, 6.45) is 6.69. The van der Waals surface area contributed by atoms with Gasteiger partial charge in [-0.2, -0.15) is 5.26 Å². The van der Waals surface area contributed by atoms with E-state index in [1.807, 2.05) is 31.2 Å². The van der Waals surface area contributed by atoms with Crippen LogP contribution in [0.2, 0.25) is 0 Å². The summed E-state index contributed by atoms with van der Waals surface area (Å²) in [6.45, 7) is 2.08. The molecule has 0 radical (unpaired) electrons. The Kier molecular flexibility index (Phi) is 6.10. The minimum absolute atomic E-state index is 0.00720. The molecule has 0 saturated heterocycles. The van der Waals surface area contributed by atoms with Crippen LogP contribution in [-0.2, 0) is 4.74 Å². The van der Waals surface area contributed by atoms with E-state index in [9.17, 15) is 4.79 Å².